The molecule has 0 saturated carbocycles. The zero-order valence-electron chi connectivity index (χ0n) is 12.5. The van der Waals surface area contributed by atoms with Gasteiger partial charge in [0.25, 0.3) is 5.91 Å². The topological polar surface area (TPSA) is 76.0 Å². The van der Waals surface area contributed by atoms with Gasteiger partial charge in [-0.2, -0.15) is 9.78 Å². The summed E-state index contributed by atoms with van der Waals surface area (Å²) in [6, 6.07) is 4.63. The molecular weight excluding hydrogens is 323 g/mol. The highest BCUT2D eigenvalue weighted by Gasteiger charge is 2.14. The lowest BCUT2D eigenvalue weighted by Crippen LogP contribution is -2.30. The van der Waals surface area contributed by atoms with E-state index >= 15 is 0 Å². The fraction of sp³-hybridized carbons (Fsp3) is 0.267. The van der Waals surface area contributed by atoms with E-state index in [0.717, 1.165) is 23.6 Å². The number of anilines is 1. The van der Waals surface area contributed by atoms with Crippen LogP contribution in [0.1, 0.15) is 30.3 Å². The van der Waals surface area contributed by atoms with Crippen LogP contribution in [0.15, 0.2) is 30.5 Å². The number of hydrogen-bond donors (Lipinski definition) is 2. The molecule has 1 aromatic heterocycles. The van der Waals surface area contributed by atoms with Crippen molar-refractivity contribution < 1.29 is 14.0 Å². The minimum Gasteiger partial charge on any atom is -0.336 e. The first kappa shape index (κ1) is 17.0. The fourth-order valence-corrected chi connectivity index (χ4v) is 2.00. The molecule has 2 N–H and O–H groups in total. The molecule has 1 aromatic carbocycles. The van der Waals surface area contributed by atoms with Gasteiger partial charge in [-0.25, -0.2) is 9.18 Å². The fourth-order valence-electron chi connectivity index (χ4n) is 1.79. The van der Waals surface area contributed by atoms with Gasteiger partial charge in [-0.1, -0.05) is 24.9 Å². The molecule has 0 unspecified atom stereocenters. The van der Waals surface area contributed by atoms with Gasteiger partial charge in [0.1, 0.15) is 5.82 Å². The van der Waals surface area contributed by atoms with Gasteiger partial charge in [0, 0.05) is 12.7 Å². The van der Waals surface area contributed by atoms with Crippen LogP contribution in [0.5, 0.6) is 0 Å². The van der Waals surface area contributed by atoms with Crippen LogP contribution in [-0.2, 0) is 0 Å². The third kappa shape index (κ3) is 4.53. The molecular formula is C15H16ClFN4O2. The average molecular weight is 339 g/mol. The minimum atomic E-state index is -0.543. The average Bonchev–Trinajstić information content (AvgIpc) is 3.00. The van der Waals surface area contributed by atoms with Gasteiger partial charge in [-0.3, -0.25) is 4.79 Å². The van der Waals surface area contributed by atoms with Crippen molar-refractivity contribution in [2.24, 2.45) is 0 Å². The SMILES string of the molecule is CCCCNC(=O)n1ccc(C(=O)Nc2ccc(F)cc2Cl)n1. The van der Waals surface area contributed by atoms with Gasteiger partial charge in [-0.05, 0) is 30.7 Å². The van der Waals surface area contributed by atoms with Crippen LogP contribution in [0.2, 0.25) is 5.02 Å². The molecule has 8 heteroatoms. The zero-order valence-corrected chi connectivity index (χ0v) is 13.2. The number of halogens is 2. The van der Waals surface area contributed by atoms with Crippen molar-refractivity contribution in [2.45, 2.75) is 19.8 Å². The number of aromatic nitrogens is 2. The van der Waals surface area contributed by atoms with Crippen LogP contribution in [0.4, 0.5) is 14.9 Å². The first-order valence-corrected chi connectivity index (χ1v) is 7.49. The third-order valence-electron chi connectivity index (χ3n) is 3.02. The first-order chi connectivity index (χ1) is 11.0. The van der Waals surface area contributed by atoms with E-state index in [1.807, 2.05) is 6.92 Å². The van der Waals surface area contributed by atoms with Crippen molar-refractivity contribution in [1.29, 1.82) is 0 Å². The Kier molecular flexibility index (Phi) is 5.70. The largest absolute Gasteiger partial charge is 0.342 e. The van der Waals surface area contributed by atoms with Gasteiger partial charge in [0.2, 0.25) is 0 Å². The molecule has 0 atom stereocenters. The number of carbonyl (C=O) groups is 2. The molecule has 0 radical (unpaired) electrons. The highest BCUT2D eigenvalue weighted by molar-refractivity contribution is 6.33. The van der Waals surface area contributed by atoms with E-state index in [4.69, 9.17) is 11.6 Å². The molecule has 2 rings (SSSR count). The second kappa shape index (κ2) is 7.73. The summed E-state index contributed by atoms with van der Waals surface area (Å²) in [5, 5.41) is 9.18. The summed E-state index contributed by atoms with van der Waals surface area (Å²) < 4.78 is 14.0. The number of unbranched alkanes of at least 4 members (excludes halogenated alkanes) is 1. The Balaban J connectivity index is 2.02. The van der Waals surface area contributed by atoms with Gasteiger partial charge in [0.05, 0.1) is 10.7 Å². The van der Waals surface area contributed by atoms with E-state index in [2.05, 4.69) is 15.7 Å². The number of benzene rings is 1. The lowest BCUT2D eigenvalue weighted by molar-refractivity contribution is 0.102. The summed E-state index contributed by atoms with van der Waals surface area (Å²) in [6.07, 6.45) is 3.22. The lowest BCUT2D eigenvalue weighted by Gasteiger charge is -2.05. The van der Waals surface area contributed by atoms with E-state index in [1.165, 1.54) is 24.4 Å². The molecule has 0 fully saturated rings. The molecule has 6 nitrogen and oxygen atoms in total. The molecule has 1 heterocycles. The molecule has 0 aliphatic rings. The van der Waals surface area contributed by atoms with Gasteiger partial charge < -0.3 is 10.6 Å². The summed E-state index contributed by atoms with van der Waals surface area (Å²) in [5.74, 6) is -1.04. The van der Waals surface area contributed by atoms with E-state index in [1.54, 1.807) is 0 Å². The minimum absolute atomic E-state index is 0.0519. The maximum Gasteiger partial charge on any atom is 0.342 e. The predicted molar refractivity (Wildman–Crippen MR) is 85.3 cm³/mol. The molecule has 0 aliphatic carbocycles. The van der Waals surface area contributed by atoms with Crippen molar-refractivity contribution >= 4 is 29.2 Å². The third-order valence-corrected chi connectivity index (χ3v) is 3.33. The predicted octanol–water partition coefficient (Wildman–Crippen LogP) is 3.29. The summed E-state index contributed by atoms with van der Waals surface area (Å²) in [7, 11) is 0. The van der Waals surface area contributed by atoms with Crippen LogP contribution in [-0.4, -0.2) is 28.3 Å². The standard InChI is InChI=1S/C15H16ClFN4O2/c1-2-3-7-18-15(23)21-8-6-13(20-21)14(22)19-12-5-4-10(17)9-11(12)16/h4-6,8-9H,2-3,7H2,1H3,(H,18,23)(H,19,22). The monoisotopic (exact) mass is 338 g/mol. The highest BCUT2D eigenvalue weighted by Crippen LogP contribution is 2.22. The van der Waals surface area contributed by atoms with Crippen molar-refractivity contribution in [1.82, 2.24) is 15.1 Å². The van der Waals surface area contributed by atoms with Gasteiger partial charge >= 0.3 is 6.03 Å². The molecule has 2 amide bonds. The summed E-state index contributed by atoms with van der Waals surface area (Å²) in [5.41, 5.74) is 0.316. The van der Waals surface area contributed by atoms with Crippen molar-refractivity contribution in [3.05, 3.63) is 47.0 Å². The van der Waals surface area contributed by atoms with E-state index < -0.39 is 17.8 Å². The van der Waals surface area contributed by atoms with Crippen molar-refractivity contribution in [2.75, 3.05) is 11.9 Å². The summed E-state index contributed by atoms with van der Waals surface area (Å²) in [4.78, 5) is 23.9. The molecule has 122 valence electrons. The van der Waals surface area contributed by atoms with E-state index in [-0.39, 0.29) is 16.4 Å². The number of rotatable bonds is 5. The van der Waals surface area contributed by atoms with Gasteiger partial charge in [-0.15, -0.1) is 0 Å². The number of nitrogens with one attached hydrogen (secondary N) is 2. The number of amides is 2. The normalized spacial score (nSPS) is 10.4. The maximum atomic E-state index is 13.0. The summed E-state index contributed by atoms with van der Waals surface area (Å²) >= 11 is 5.84. The van der Waals surface area contributed by atoms with Gasteiger partial charge in [0.15, 0.2) is 5.69 Å². The second-order valence-corrected chi connectivity index (χ2v) is 5.22. The first-order valence-electron chi connectivity index (χ1n) is 7.11. The van der Waals surface area contributed by atoms with Crippen LogP contribution < -0.4 is 10.6 Å². The molecule has 0 spiro atoms. The maximum absolute atomic E-state index is 13.0. The molecule has 0 bridgehead atoms. The molecule has 0 aliphatic heterocycles. The second-order valence-electron chi connectivity index (χ2n) is 4.81. The Hall–Kier alpha value is -2.41. The van der Waals surface area contributed by atoms with Crippen LogP contribution >= 0.6 is 11.6 Å². The Morgan fingerprint density at radius 3 is 2.83 bits per heavy atom. The zero-order chi connectivity index (χ0) is 16.8. The number of nitrogens with zero attached hydrogens (tertiary/aromatic N) is 2. The van der Waals surface area contributed by atoms with Crippen LogP contribution in [0, 0.1) is 5.82 Å². The Labute approximate surface area is 137 Å². The van der Waals surface area contributed by atoms with Crippen molar-refractivity contribution in [3.8, 4) is 0 Å². The molecule has 0 saturated heterocycles. The lowest BCUT2D eigenvalue weighted by atomic mass is 10.3. The Morgan fingerprint density at radius 1 is 1.35 bits per heavy atom. The van der Waals surface area contributed by atoms with Crippen molar-refractivity contribution in [3.63, 3.8) is 0 Å². The quantitative estimate of drug-likeness (QED) is 0.821. The van der Waals surface area contributed by atoms with E-state index in [9.17, 15) is 14.0 Å². The molecule has 2 aromatic rings. The molecule has 23 heavy (non-hydrogen) atoms. The van der Waals surface area contributed by atoms with Crippen LogP contribution in [0.3, 0.4) is 0 Å². The summed E-state index contributed by atoms with van der Waals surface area (Å²) in [6.45, 7) is 2.56. The number of carbonyl (C=O) groups excluding carboxylic acids is 2. The smallest absolute Gasteiger partial charge is 0.336 e. The van der Waals surface area contributed by atoms with E-state index in [0.29, 0.717) is 6.54 Å². The van der Waals surface area contributed by atoms with Crippen LogP contribution in [0.25, 0.3) is 0 Å². The Bertz CT molecular complexity index is 717. The number of hydrogen-bond acceptors (Lipinski definition) is 3. The Morgan fingerprint density at radius 2 is 2.13 bits per heavy atom. The highest BCUT2D eigenvalue weighted by atomic mass is 35.5.